The molecule has 0 aliphatic rings. The first-order valence-corrected chi connectivity index (χ1v) is 5.12. The summed E-state index contributed by atoms with van der Waals surface area (Å²) in [5.41, 5.74) is 8.73. The Morgan fingerprint density at radius 1 is 1.59 bits per heavy atom. The smallest absolute Gasteiger partial charge is 0.250 e. The van der Waals surface area contributed by atoms with Gasteiger partial charge in [-0.05, 0) is 30.5 Å². The van der Waals surface area contributed by atoms with Gasteiger partial charge in [-0.1, -0.05) is 5.11 Å². The molecule has 92 valence electrons. The molecule has 2 unspecified atom stereocenters. The van der Waals surface area contributed by atoms with E-state index in [0.717, 1.165) is 0 Å². The van der Waals surface area contributed by atoms with Crippen LogP contribution in [0, 0.1) is 6.92 Å². The number of aryl methyl sites for hydroxylation is 1. The summed E-state index contributed by atoms with van der Waals surface area (Å²) in [4.78, 5) is 16.1. The summed E-state index contributed by atoms with van der Waals surface area (Å²) in [6, 6.07) is 1.51. The summed E-state index contributed by atoms with van der Waals surface area (Å²) in [6.45, 7) is 1.72. The summed E-state index contributed by atoms with van der Waals surface area (Å²) in [7, 11) is 0. The zero-order valence-corrected chi connectivity index (χ0v) is 9.37. The first-order valence-electron chi connectivity index (χ1n) is 5.12. The van der Waals surface area contributed by atoms with Crippen molar-refractivity contribution in [3.63, 3.8) is 0 Å². The lowest BCUT2D eigenvalue weighted by Crippen LogP contribution is -2.21. The number of nitrogens with one attached hydrogen (secondary N) is 1. The maximum absolute atomic E-state index is 11.1. The van der Waals surface area contributed by atoms with Crippen LogP contribution in [-0.4, -0.2) is 27.8 Å². The third kappa shape index (κ3) is 3.60. The van der Waals surface area contributed by atoms with Gasteiger partial charge in [0, 0.05) is 23.2 Å². The quantitative estimate of drug-likeness (QED) is 0.399. The minimum Gasteiger partial charge on any atom is -0.390 e. The zero-order chi connectivity index (χ0) is 12.8. The number of nitrogens with zero attached hydrogens (tertiary/aromatic N) is 3. The van der Waals surface area contributed by atoms with Gasteiger partial charge >= 0.3 is 0 Å². The predicted octanol–water partition coefficient (Wildman–Crippen LogP) is 0.778. The van der Waals surface area contributed by atoms with Crippen molar-refractivity contribution >= 4 is 0 Å². The Hall–Kier alpha value is -1.82. The largest absolute Gasteiger partial charge is 0.390 e. The molecule has 0 saturated carbocycles. The molecule has 1 heterocycles. The van der Waals surface area contributed by atoms with Gasteiger partial charge in [0.25, 0.3) is 5.56 Å². The van der Waals surface area contributed by atoms with Gasteiger partial charge in [-0.25, -0.2) is 0 Å². The number of rotatable bonds is 5. The highest BCUT2D eigenvalue weighted by Gasteiger charge is 2.18. The molecule has 3 N–H and O–H groups in total. The maximum atomic E-state index is 11.1. The van der Waals surface area contributed by atoms with Gasteiger partial charge in [0.15, 0.2) is 0 Å². The van der Waals surface area contributed by atoms with Crippen LogP contribution in [0.15, 0.2) is 22.2 Å². The number of hydrogen-bond donors (Lipinski definition) is 3. The molecule has 0 saturated heterocycles. The zero-order valence-electron chi connectivity index (χ0n) is 9.37. The second-order valence-electron chi connectivity index (χ2n) is 3.70. The number of aromatic nitrogens is 1. The van der Waals surface area contributed by atoms with Crippen LogP contribution in [-0.2, 0) is 0 Å². The average molecular weight is 238 g/mol. The first-order chi connectivity index (χ1) is 8.06. The standard InChI is InChI=1S/C10H14N4O3/c1-6-4-7(5-12-10(6)17)9(16)8(15)2-3-13-14-11/h4-5,8-9,15-16H,2-3H2,1H3,(H,12,17). The number of pyridine rings is 1. The average Bonchev–Trinajstić information content (AvgIpc) is 2.32. The molecule has 2 atom stereocenters. The molecule has 0 fully saturated rings. The number of aromatic amines is 1. The van der Waals surface area contributed by atoms with Gasteiger partial charge in [-0.3, -0.25) is 4.79 Å². The van der Waals surface area contributed by atoms with Crippen LogP contribution in [0.25, 0.3) is 10.4 Å². The van der Waals surface area contributed by atoms with E-state index in [2.05, 4.69) is 15.0 Å². The summed E-state index contributed by atoms with van der Waals surface area (Å²) in [5, 5.41) is 22.7. The second kappa shape index (κ2) is 6.05. The highest BCUT2D eigenvalue weighted by atomic mass is 16.3. The lowest BCUT2D eigenvalue weighted by Gasteiger charge is -2.17. The summed E-state index contributed by atoms with van der Waals surface area (Å²) in [6.07, 6.45) is -0.634. The SMILES string of the molecule is Cc1cc(C(O)C(O)CCN=[N+]=[N-])c[nH]c1=O. The first kappa shape index (κ1) is 13.2. The number of aliphatic hydroxyl groups excluding tert-OH is 2. The van der Waals surface area contributed by atoms with Crippen LogP contribution in [0.1, 0.15) is 23.7 Å². The van der Waals surface area contributed by atoms with Gasteiger partial charge < -0.3 is 15.2 Å². The van der Waals surface area contributed by atoms with Crippen LogP contribution in [0.2, 0.25) is 0 Å². The molecule has 1 rings (SSSR count). The van der Waals surface area contributed by atoms with Crippen LogP contribution < -0.4 is 5.56 Å². The Kier molecular flexibility index (Phi) is 4.71. The Morgan fingerprint density at radius 2 is 2.29 bits per heavy atom. The van der Waals surface area contributed by atoms with E-state index in [4.69, 9.17) is 5.53 Å². The lowest BCUT2D eigenvalue weighted by atomic mass is 10.0. The summed E-state index contributed by atoms with van der Waals surface area (Å²) >= 11 is 0. The van der Waals surface area contributed by atoms with Crippen molar-refractivity contribution in [2.75, 3.05) is 6.54 Å². The van der Waals surface area contributed by atoms with Crippen molar-refractivity contribution < 1.29 is 10.2 Å². The van der Waals surface area contributed by atoms with Crippen molar-refractivity contribution in [3.05, 3.63) is 44.2 Å². The van der Waals surface area contributed by atoms with E-state index in [9.17, 15) is 15.0 Å². The number of hydrogen-bond acceptors (Lipinski definition) is 4. The molecule has 0 bridgehead atoms. The number of azide groups is 1. The molecular formula is C10H14N4O3. The van der Waals surface area contributed by atoms with Crippen molar-refractivity contribution in [3.8, 4) is 0 Å². The van der Waals surface area contributed by atoms with E-state index in [-0.39, 0.29) is 18.5 Å². The van der Waals surface area contributed by atoms with Crippen molar-refractivity contribution in [2.24, 2.45) is 5.11 Å². The molecular weight excluding hydrogens is 224 g/mol. The van der Waals surface area contributed by atoms with Gasteiger partial charge in [0.2, 0.25) is 0 Å². The van der Waals surface area contributed by atoms with E-state index < -0.39 is 12.2 Å². The number of aliphatic hydroxyl groups is 2. The minimum absolute atomic E-state index is 0.108. The maximum Gasteiger partial charge on any atom is 0.250 e. The topological polar surface area (TPSA) is 122 Å². The lowest BCUT2D eigenvalue weighted by molar-refractivity contribution is 0.0148. The minimum atomic E-state index is -1.11. The fourth-order valence-corrected chi connectivity index (χ4v) is 1.41. The Balaban J connectivity index is 2.73. The normalized spacial score (nSPS) is 13.8. The van der Waals surface area contributed by atoms with E-state index in [1.165, 1.54) is 12.3 Å². The fraction of sp³-hybridized carbons (Fsp3) is 0.500. The molecule has 0 spiro atoms. The van der Waals surface area contributed by atoms with E-state index in [1.807, 2.05) is 0 Å². The molecule has 0 aromatic carbocycles. The molecule has 0 aliphatic carbocycles. The fourth-order valence-electron chi connectivity index (χ4n) is 1.41. The Morgan fingerprint density at radius 3 is 2.88 bits per heavy atom. The van der Waals surface area contributed by atoms with Gasteiger partial charge in [-0.15, -0.1) is 0 Å². The molecule has 1 aromatic heterocycles. The van der Waals surface area contributed by atoms with Crippen LogP contribution >= 0.6 is 0 Å². The van der Waals surface area contributed by atoms with Crippen molar-refractivity contribution in [2.45, 2.75) is 25.6 Å². The molecule has 0 radical (unpaired) electrons. The van der Waals surface area contributed by atoms with Gasteiger partial charge in [-0.2, -0.15) is 0 Å². The van der Waals surface area contributed by atoms with E-state index in [1.54, 1.807) is 6.92 Å². The molecule has 7 heteroatoms. The Bertz CT molecular complexity index is 479. The molecule has 0 aliphatic heterocycles. The third-order valence-corrected chi connectivity index (χ3v) is 2.41. The predicted molar refractivity (Wildman–Crippen MR) is 61.4 cm³/mol. The summed E-state index contributed by atoms with van der Waals surface area (Å²) in [5.74, 6) is 0. The van der Waals surface area contributed by atoms with Gasteiger partial charge in [0.05, 0.1) is 6.10 Å². The van der Waals surface area contributed by atoms with Gasteiger partial charge in [0.1, 0.15) is 6.10 Å². The number of H-pyrrole nitrogens is 1. The monoisotopic (exact) mass is 238 g/mol. The van der Waals surface area contributed by atoms with Crippen LogP contribution in [0.3, 0.4) is 0 Å². The van der Waals surface area contributed by atoms with E-state index >= 15 is 0 Å². The third-order valence-electron chi connectivity index (χ3n) is 2.41. The van der Waals surface area contributed by atoms with Crippen molar-refractivity contribution in [1.82, 2.24) is 4.98 Å². The Labute approximate surface area is 97.4 Å². The van der Waals surface area contributed by atoms with Crippen molar-refractivity contribution in [1.29, 1.82) is 0 Å². The van der Waals surface area contributed by atoms with Crippen LogP contribution in [0.4, 0.5) is 0 Å². The van der Waals surface area contributed by atoms with Crippen LogP contribution in [0.5, 0.6) is 0 Å². The molecule has 17 heavy (non-hydrogen) atoms. The molecule has 0 amide bonds. The molecule has 7 nitrogen and oxygen atoms in total. The summed E-state index contributed by atoms with van der Waals surface area (Å²) < 4.78 is 0. The van der Waals surface area contributed by atoms with E-state index in [0.29, 0.717) is 11.1 Å². The highest BCUT2D eigenvalue weighted by Crippen LogP contribution is 2.18. The second-order valence-corrected chi connectivity index (χ2v) is 3.70. The highest BCUT2D eigenvalue weighted by molar-refractivity contribution is 5.19. The molecule has 1 aromatic rings.